The second-order valence-electron chi connectivity index (χ2n) is 4.67. The molecule has 1 heterocycles. The first-order valence-corrected chi connectivity index (χ1v) is 8.44. The van der Waals surface area contributed by atoms with Crippen molar-refractivity contribution in [2.24, 2.45) is 0 Å². The summed E-state index contributed by atoms with van der Waals surface area (Å²) in [7, 11) is 1.63. The molecule has 2 rings (SSSR count). The van der Waals surface area contributed by atoms with E-state index in [-0.39, 0.29) is 11.2 Å². The lowest BCUT2D eigenvalue weighted by Crippen LogP contribution is -2.23. The second kappa shape index (κ2) is 8.54. The maximum Gasteiger partial charge on any atom is 0.237 e. The minimum absolute atomic E-state index is 0.180. The molecule has 0 aliphatic heterocycles. The van der Waals surface area contributed by atoms with Gasteiger partial charge in [-0.05, 0) is 25.1 Å². The molecule has 1 aromatic carbocycles. The molecular formula is C14H16Cl2N4O2S. The normalized spacial score (nSPS) is 12.2. The lowest BCUT2D eigenvalue weighted by atomic mass is 10.3. The molecule has 0 aliphatic carbocycles. The largest absolute Gasteiger partial charge is 0.383 e. The number of aromatic nitrogens is 3. The van der Waals surface area contributed by atoms with E-state index in [4.69, 9.17) is 27.9 Å². The number of nitrogens with zero attached hydrogens (tertiary/aromatic N) is 3. The number of thioether (sulfide) groups is 1. The first-order valence-electron chi connectivity index (χ1n) is 6.80. The van der Waals surface area contributed by atoms with Crippen molar-refractivity contribution in [1.29, 1.82) is 0 Å². The Bertz CT molecular complexity index is 681. The summed E-state index contributed by atoms with van der Waals surface area (Å²) >= 11 is 13.2. The van der Waals surface area contributed by atoms with E-state index in [9.17, 15) is 4.79 Å². The van der Waals surface area contributed by atoms with Gasteiger partial charge in [0.25, 0.3) is 0 Å². The molecule has 0 bridgehead atoms. The standard InChI is InChI=1S/C14H16Cl2N4O2S/c1-9(23-14-19-17-8-20(14)5-6-22-2)13(21)18-12-4-3-10(15)7-11(12)16/h3-4,7-9H,5-6H2,1-2H3,(H,18,21). The highest BCUT2D eigenvalue weighted by molar-refractivity contribution is 8.00. The number of nitrogens with one attached hydrogen (secondary N) is 1. The zero-order chi connectivity index (χ0) is 16.8. The van der Waals surface area contributed by atoms with E-state index in [0.29, 0.717) is 34.0 Å². The fraction of sp³-hybridized carbons (Fsp3) is 0.357. The highest BCUT2D eigenvalue weighted by Gasteiger charge is 2.18. The van der Waals surface area contributed by atoms with Crippen LogP contribution in [0.15, 0.2) is 29.7 Å². The van der Waals surface area contributed by atoms with Crippen molar-refractivity contribution in [3.8, 4) is 0 Å². The molecule has 0 aliphatic rings. The third-order valence-electron chi connectivity index (χ3n) is 2.96. The average molecular weight is 375 g/mol. The maximum absolute atomic E-state index is 12.3. The molecule has 9 heteroatoms. The van der Waals surface area contributed by atoms with Crippen LogP contribution >= 0.6 is 35.0 Å². The quantitative estimate of drug-likeness (QED) is 0.752. The second-order valence-corrected chi connectivity index (χ2v) is 6.82. The first-order chi connectivity index (χ1) is 11.0. The van der Waals surface area contributed by atoms with Crippen LogP contribution in [-0.2, 0) is 16.1 Å². The molecule has 0 saturated heterocycles. The number of hydrogen-bond acceptors (Lipinski definition) is 5. The van der Waals surface area contributed by atoms with Crippen LogP contribution in [-0.4, -0.2) is 39.6 Å². The predicted octanol–water partition coefficient (Wildman–Crippen LogP) is 3.35. The molecule has 0 spiro atoms. The van der Waals surface area contributed by atoms with Crippen LogP contribution in [0, 0.1) is 0 Å². The number of rotatable bonds is 7. The van der Waals surface area contributed by atoms with Gasteiger partial charge in [-0.1, -0.05) is 35.0 Å². The molecular weight excluding hydrogens is 359 g/mol. The van der Waals surface area contributed by atoms with Crippen LogP contribution in [0.25, 0.3) is 0 Å². The van der Waals surface area contributed by atoms with Crippen molar-refractivity contribution in [2.45, 2.75) is 23.9 Å². The van der Waals surface area contributed by atoms with Crippen molar-refractivity contribution in [1.82, 2.24) is 14.8 Å². The van der Waals surface area contributed by atoms with Crippen LogP contribution in [0.4, 0.5) is 5.69 Å². The Labute approximate surface area is 148 Å². The van der Waals surface area contributed by atoms with Gasteiger partial charge in [-0.2, -0.15) is 0 Å². The molecule has 23 heavy (non-hydrogen) atoms. The molecule has 1 N–H and O–H groups in total. The molecule has 0 radical (unpaired) electrons. The Kier molecular flexibility index (Phi) is 6.71. The van der Waals surface area contributed by atoms with Crippen LogP contribution in [0.5, 0.6) is 0 Å². The smallest absolute Gasteiger partial charge is 0.237 e. The van der Waals surface area contributed by atoms with E-state index in [1.165, 1.54) is 11.8 Å². The number of hydrogen-bond donors (Lipinski definition) is 1. The van der Waals surface area contributed by atoms with Crippen LogP contribution in [0.3, 0.4) is 0 Å². The minimum Gasteiger partial charge on any atom is -0.383 e. The summed E-state index contributed by atoms with van der Waals surface area (Å²) in [6.07, 6.45) is 1.61. The number of halogens is 2. The van der Waals surface area contributed by atoms with Gasteiger partial charge in [0.1, 0.15) is 6.33 Å². The SMILES string of the molecule is COCCn1cnnc1SC(C)C(=O)Nc1ccc(Cl)cc1Cl. The van der Waals surface area contributed by atoms with Crippen molar-refractivity contribution >= 4 is 46.6 Å². The van der Waals surface area contributed by atoms with Gasteiger partial charge in [0.2, 0.25) is 5.91 Å². The highest BCUT2D eigenvalue weighted by Crippen LogP contribution is 2.27. The Balaban J connectivity index is 1.98. The van der Waals surface area contributed by atoms with Crippen molar-refractivity contribution in [2.75, 3.05) is 19.0 Å². The molecule has 1 unspecified atom stereocenters. The zero-order valence-electron chi connectivity index (χ0n) is 12.6. The van der Waals surface area contributed by atoms with E-state index in [1.54, 1.807) is 38.6 Å². The molecule has 0 fully saturated rings. The number of ether oxygens (including phenoxy) is 1. The summed E-state index contributed by atoms with van der Waals surface area (Å²) in [5, 5.41) is 11.9. The Hall–Kier alpha value is -1.28. The first kappa shape index (κ1) is 18.1. The van der Waals surface area contributed by atoms with E-state index >= 15 is 0 Å². The summed E-state index contributed by atoms with van der Waals surface area (Å²) in [5.41, 5.74) is 0.523. The van der Waals surface area contributed by atoms with Gasteiger partial charge >= 0.3 is 0 Å². The molecule has 6 nitrogen and oxygen atoms in total. The fourth-order valence-electron chi connectivity index (χ4n) is 1.72. The highest BCUT2D eigenvalue weighted by atomic mass is 35.5. The topological polar surface area (TPSA) is 69.0 Å². The molecule has 1 atom stereocenters. The number of amides is 1. The Morgan fingerprint density at radius 3 is 2.96 bits per heavy atom. The van der Waals surface area contributed by atoms with E-state index in [0.717, 1.165) is 0 Å². The average Bonchev–Trinajstić information content (AvgIpc) is 2.95. The van der Waals surface area contributed by atoms with Crippen molar-refractivity contribution < 1.29 is 9.53 Å². The van der Waals surface area contributed by atoms with Crippen LogP contribution in [0.2, 0.25) is 10.0 Å². The van der Waals surface area contributed by atoms with E-state index in [1.807, 2.05) is 4.57 Å². The molecule has 0 saturated carbocycles. The molecule has 1 amide bonds. The van der Waals surface area contributed by atoms with Gasteiger partial charge in [0.05, 0.1) is 22.6 Å². The lowest BCUT2D eigenvalue weighted by molar-refractivity contribution is -0.115. The predicted molar refractivity (Wildman–Crippen MR) is 92.3 cm³/mol. The van der Waals surface area contributed by atoms with Crippen molar-refractivity contribution in [3.05, 3.63) is 34.6 Å². The zero-order valence-corrected chi connectivity index (χ0v) is 15.0. The van der Waals surface area contributed by atoms with Gasteiger partial charge < -0.3 is 14.6 Å². The van der Waals surface area contributed by atoms with Crippen LogP contribution in [0.1, 0.15) is 6.92 Å². The van der Waals surface area contributed by atoms with Gasteiger partial charge in [-0.3, -0.25) is 4.79 Å². The maximum atomic E-state index is 12.3. The Morgan fingerprint density at radius 2 is 2.26 bits per heavy atom. The van der Waals surface area contributed by atoms with Crippen LogP contribution < -0.4 is 5.32 Å². The number of carbonyl (C=O) groups excluding carboxylic acids is 1. The summed E-state index contributed by atoms with van der Waals surface area (Å²) in [6, 6.07) is 4.92. The van der Waals surface area contributed by atoms with Gasteiger partial charge in [-0.15, -0.1) is 10.2 Å². The van der Waals surface area contributed by atoms with Gasteiger partial charge in [-0.25, -0.2) is 0 Å². The molecule has 2 aromatic rings. The molecule has 124 valence electrons. The summed E-state index contributed by atoms with van der Waals surface area (Å²) < 4.78 is 6.87. The minimum atomic E-state index is -0.368. The summed E-state index contributed by atoms with van der Waals surface area (Å²) in [4.78, 5) is 12.3. The Morgan fingerprint density at radius 1 is 1.48 bits per heavy atom. The monoisotopic (exact) mass is 374 g/mol. The third-order valence-corrected chi connectivity index (χ3v) is 4.60. The van der Waals surface area contributed by atoms with Crippen molar-refractivity contribution in [3.63, 3.8) is 0 Å². The lowest BCUT2D eigenvalue weighted by Gasteiger charge is -2.13. The third kappa shape index (κ3) is 5.10. The van der Waals surface area contributed by atoms with Gasteiger partial charge in [0, 0.05) is 18.7 Å². The fourth-order valence-corrected chi connectivity index (χ4v) is 3.02. The number of anilines is 1. The summed E-state index contributed by atoms with van der Waals surface area (Å²) in [5.74, 6) is -0.180. The number of benzene rings is 1. The summed E-state index contributed by atoms with van der Waals surface area (Å²) in [6.45, 7) is 2.97. The van der Waals surface area contributed by atoms with Gasteiger partial charge in [0.15, 0.2) is 5.16 Å². The number of carbonyl (C=O) groups is 1. The van der Waals surface area contributed by atoms with E-state index in [2.05, 4.69) is 15.5 Å². The number of methoxy groups -OCH3 is 1. The van der Waals surface area contributed by atoms with E-state index < -0.39 is 0 Å². The molecule has 1 aromatic heterocycles.